The van der Waals surface area contributed by atoms with Gasteiger partial charge in [-0.25, -0.2) is 12.4 Å². The highest BCUT2D eigenvalue weighted by Gasteiger charge is 2.31. The molecular formula is C17H22N2O4S. The molecule has 1 atom stereocenters. The van der Waals surface area contributed by atoms with Crippen LogP contribution in [-0.4, -0.2) is 29.0 Å². The minimum atomic E-state index is -3.74. The molecule has 0 fully saturated rings. The third-order valence-electron chi connectivity index (χ3n) is 4.25. The molecule has 0 spiro atoms. The molecule has 3 N–H and O–H groups in total. The Labute approximate surface area is 142 Å². The van der Waals surface area contributed by atoms with E-state index in [9.17, 15) is 18.3 Å². The highest BCUT2D eigenvalue weighted by molar-refractivity contribution is 7.90. The Balaban J connectivity index is 2.51. The Morgan fingerprint density at radius 2 is 1.75 bits per heavy atom. The largest absolute Gasteiger partial charge is 0.480 e. The second kappa shape index (κ2) is 6.07. The number of nitrogens with zero attached hydrogens (tertiary/aromatic N) is 1. The number of carboxylic acids is 1. The maximum absolute atomic E-state index is 12.8. The smallest absolute Gasteiger partial charge is 0.323 e. The van der Waals surface area contributed by atoms with Crippen LogP contribution in [0.4, 0.5) is 0 Å². The highest BCUT2D eigenvalue weighted by Crippen LogP contribution is 2.25. The monoisotopic (exact) mass is 350 g/mol. The fraction of sp³-hybridized carbons (Fsp3) is 0.353. The van der Waals surface area contributed by atoms with Crippen LogP contribution < -0.4 is 5.73 Å². The van der Waals surface area contributed by atoms with E-state index >= 15 is 0 Å². The summed E-state index contributed by atoms with van der Waals surface area (Å²) in [5.74, 6) is -1.13. The van der Waals surface area contributed by atoms with Crippen LogP contribution in [0.5, 0.6) is 0 Å². The number of hydrogen-bond donors (Lipinski definition) is 2. The summed E-state index contributed by atoms with van der Waals surface area (Å²) in [7, 11) is -3.74. The zero-order valence-corrected chi connectivity index (χ0v) is 15.0. The molecule has 1 heterocycles. The summed E-state index contributed by atoms with van der Waals surface area (Å²) in [5.41, 5.74) is 7.19. The molecule has 1 aromatic heterocycles. The average molecular weight is 350 g/mol. The minimum absolute atomic E-state index is 0.0470. The van der Waals surface area contributed by atoms with E-state index in [1.165, 1.54) is 17.1 Å². The van der Waals surface area contributed by atoms with Gasteiger partial charge < -0.3 is 10.8 Å². The molecule has 0 aliphatic heterocycles. The van der Waals surface area contributed by atoms with Gasteiger partial charge in [-0.05, 0) is 51.0 Å². The quantitative estimate of drug-likeness (QED) is 0.858. The van der Waals surface area contributed by atoms with Crippen molar-refractivity contribution < 1.29 is 18.3 Å². The lowest BCUT2D eigenvalue weighted by Gasteiger charge is -2.18. The number of hydrogen-bond acceptors (Lipinski definition) is 4. The van der Waals surface area contributed by atoms with E-state index in [1.54, 1.807) is 38.1 Å². The first kappa shape index (κ1) is 18.2. The Bertz CT molecular complexity index is 878. The molecule has 0 amide bonds. The highest BCUT2D eigenvalue weighted by atomic mass is 32.2. The molecule has 6 nitrogen and oxygen atoms in total. The van der Waals surface area contributed by atoms with Gasteiger partial charge in [0.05, 0.1) is 4.90 Å². The summed E-state index contributed by atoms with van der Waals surface area (Å²) in [6.45, 7) is 6.76. The van der Waals surface area contributed by atoms with Crippen molar-refractivity contribution in [3.63, 3.8) is 0 Å². The van der Waals surface area contributed by atoms with Crippen LogP contribution in [0.15, 0.2) is 35.4 Å². The first-order chi connectivity index (χ1) is 11.0. The first-order valence-corrected chi connectivity index (χ1v) is 8.93. The lowest BCUT2D eigenvalue weighted by atomic mass is 9.93. The molecule has 2 rings (SSSR count). The minimum Gasteiger partial charge on any atom is -0.480 e. The van der Waals surface area contributed by atoms with Gasteiger partial charge in [0.15, 0.2) is 0 Å². The number of rotatable bonds is 5. The van der Waals surface area contributed by atoms with Crippen LogP contribution in [-0.2, 0) is 21.2 Å². The van der Waals surface area contributed by atoms with E-state index in [0.717, 1.165) is 11.1 Å². The van der Waals surface area contributed by atoms with Crippen molar-refractivity contribution in [1.29, 1.82) is 0 Å². The van der Waals surface area contributed by atoms with Crippen molar-refractivity contribution in [2.45, 2.75) is 44.6 Å². The Hall–Kier alpha value is -2.12. The van der Waals surface area contributed by atoms with Crippen molar-refractivity contribution >= 4 is 16.0 Å². The van der Waals surface area contributed by atoms with Crippen molar-refractivity contribution in [2.75, 3.05) is 0 Å². The molecule has 0 aliphatic carbocycles. The van der Waals surface area contributed by atoms with Crippen molar-refractivity contribution in [2.24, 2.45) is 5.73 Å². The standard InChI is InChI=1S/C17H22N2O4S/c1-11-5-7-15(8-6-11)24(22,23)19-10-14(12(2)13(19)3)9-17(4,18)16(20)21/h5-8,10H,9,18H2,1-4H3,(H,20,21)/t17-/m0/s1. The number of nitrogens with two attached hydrogens (primary N) is 1. The molecule has 0 bridgehead atoms. The van der Waals surface area contributed by atoms with E-state index in [0.29, 0.717) is 11.3 Å². The van der Waals surface area contributed by atoms with Gasteiger partial charge in [0.2, 0.25) is 0 Å². The summed E-state index contributed by atoms with van der Waals surface area (Å²) in [4.78, 5) is 11.4. The van der Waals surface area contributed by atoms with E-state index in [2.05, 4.69) is 0 Å². The lowest BCUT2D eigenvalue weighted by molar-refractivity contribution is -0.142. The second-order valence-electron chi connectivity index (χ2n) is 6.38. The van der Waals surface area contributed by atoms with Crippen molar-refractivity contribution in [3.05, 3.63) is 52.8 Å². The van der Waals surface area contributed by atoms with Gasteiger partial charge in [-0.15, -0.1) is 0 Å². The number of aliphatic carboxylic acids is 1. The normalized spacial score (nSPS) is 14.4. The summed E-state index contributed by atoms with van der Waals surface area (Å²) >= 11 is 0. The fourth-order valence-corrected chi connectivity index (χ4v) is 3.93. The lowest BCUT2D eigenvalue weighted by Crippen LogP contribution is -2.46. The summed E-state index contributed by atoms with van der Waals surface area (Å²) < 4.78 is 26.9. The van der Waals surface area contributed by atoms with Gasteiger partial charge >= 0.3 is 5.97 Å². The van der Waals surface area contributed by atoms with E-state index in [4.69, 9.17) is 5.73 Å². The van der Waals surface area contributed by atoms with Gasteiger partial charge in [0.1, 0.15) is 5.54 Å². The molecule has 7 heteroatoms. The molecule has 0 aliphatic rings. The maximum atomic E-state index is 12.8. The predicted molar refractivity (Wildman–Crippen MR) is 91.6 cm³/mol. The Morgan fingerprint density at radius 1 is 1.21 bits per heavy atom. The molecule has 24 heavy (non-hydrogen) atoms. The molecule has 0 unspecified atom stereocenters. The van der Waals surface area contributed by atoms with Gasteiger partial charge in [-0.2, -0.15) is 0 Å². The maximum Gasteiger partial charge on any atom is 0.323 e. The van der Waals surface area contributed by atoms with Gasteiger partial charge in [-0.3, -0.25) is 4.79 Å². The van der Waals surface area contributed by atoms with Gasteiger partial charge in [-0.1, -0.05) is 17.7 Å². The second-order valence-corrected chi connectivity index (χ2v) is 8.19. The number of aryl methyl sites for hydroxylation is 1. The number of carboxylic acid groups (broad SMARTS) is 1. The summed E-state index contributed by atoms with van der Waals surface area (Å²) in [6.07, 6.45) is 1.51. The molecule has 0 saturated carbocycles. The Kier molecular flexibility index (Phi) is 4.61. The predicted octanol–water partition coefficient (Wildman–Crippen LogP) is 1.99. The van der Waals surface area contributed by atoms with E-state index in [-0.39, 0.29) is 11.3 Å². The SMILES string of the molecule is Cc1ccc(S(=O)(=O)n2cc(C[C@](C)(N)C(=O)O)c(C)c2C)cc1. The molecule has 130 valence electrons. The number of benzene rings is 1. The van der Waals surface area contributed by atoms with Crippen molar-refractivity contribution in [1.82, 2.24) is 3.97 Å². The van der Waals surface area contributed by atoms with Crippen LogP contribution in [0, 0.1) is 20.8 Å². The molecule has 2 aromatic rings. The summed E-state index contributed by atoms with van der Waals surface area (Å²) in [6, 6.07) is 6.59. The topological polar surface area (TPSA) is 102 Å². The van der Waals surface area contributed by atoms with Gasteiger partial charge in [0.25, 0.3) is 10.0 Å². The molecule has 0 radical (unpaired) electrons. The Morgan fingerprint density at radius 3 is 2.25 bits per heavy atom. The van der Waals surface area contributed by atoms with E-state index < -0.39 is 21.5 Å². The zero-order chi connectivity index (χ0) is 18.3. The van der Waals surface area contributed by atoms with Crippen LogP contribution >= 0.6 is 0 Å². The van der Waals surface area contributed by atoms with Crippen LogP contribution in [0.2, 0.25) is 0 Å². The molecular weight excluding hydrogens is 328 g/mol. The molecule has 0 saturated heterocycles. The van der Waals surface area contributed by atoms with Crippen LogP contribution in [0.1, 0.15) is 29.3 Å². The van der Waals surface area contributed by atoms with Crippen molar-refractivity contribution in [3.8, 4) is 0 Å². The van der Waals surface area contributed by atoms with E-state index in [1.807, 2.05) is 6.92 Å². The average Bonchev–Trinajstić information content (AvgIpc) is 2.76. The van der Waals surface area contributed by atoms with Crippen LogP contribution in [0.25, 0.3) is 0 Å². The number of carbonyl (C=O) groups is 1. The summed E-state index contributed by atoms with van der Waals surface area (Å²) in [5, 5.41) is 9.18. The molecule has 1 aromatic carbocycles. The first-order valence-electron chi connectivity index (χ1n) is 7.49. The zero-order valence-electron chi connectivity index (χ0n) is 14.2. The van der Waals surface area contributed by atoms with Crippen LogP contribution in [0.3, 0.4) is 0 Å². The number of aromatic nitrogens is 1. The third kappa shape index (κ3) is 3.22. The fourth-order valence-electron chi connectivity index (χ4n) is 2.46. The third-order valence-corrected chi connectivity index (χ3v) is 6.02. The van der Waals surface area contributed by atoms with Gasteiger partial charge in [0, 0.05) is 18.3 Å².